The molecule has 2 N–H and O–H groups in total. The maximum atomic E-state index is 10.1. The molecule has 0 bridgehead atoms. The van der Waals surface area contributed by atoms with Crippen molar-refractivity contribution >= 4 is 0 Å². The smallest absolute Gasteiger partial charge is 0.0661 e. The third kappa shape index (κ3) is 2.65. The van der Waals surface area contributed by atoms with Crippen LogP contribution in [0, 0.1) is 11.3 Å². The van der Waals surface area contributed by atoms with Crippen LogP contribution >= 0.6 is 0 Å². The van der Waals surface area contributed by atoms with E-state index in [4.69, 9.17) is 4.74 Å². The molecule has 0 radical (unpaired) electrons. The highest BCUT2D eigenvalue weighted by atomic mass is 16.5. The third-order valence-corrected chi connectivity index (χ3v) is 6.18. The normalized spacial score (nSPS) is 39.9. The minimum Gasteiger partial charge on any atom is -0.393 e. The Balaban J connectivity index is 1.52. The van der Waals surface area contributed by atoms with Gasteiger partial charge < -0.3 is 15.2 Å². The van der Waals surface area contributed by atoms with Crippen LogP contribution in [0.5, 0.6) is 0 Å². The summed E-state index contributed by atoms with van der Waals surface area (Å²) in [6.07, 6.45) is 11.7. The van der Waals surface area contributed by atoms with Gasteiger partial charge in [-0.05, 0) is 44.9 Å². The number of hydrogen-bond donors (Lipinski definition) is 2. The van der Waals surface area contributed by atoms with Crippen molar-refractivity contribution in [3.63, 3.8) is 0 Å². The van der Waals surface area contributed by atoms with Gasteiger partial charge in [0.05, 0.1) is 12.2 Å². The summed E-state index contributed by atoms with van der Waals surface area (Å²) < 4.78 is 5.97. The molecule has 3 heteroatoms. The average Bonchev–Trinajstić information content (AvgIpc) is 2.96. The molecule has 0 amide bonds. The van der Waals surface area contributed by atoms with Crippen molar-refractivity contribution in [3.8, 4) is 0 Å². The van der Waals surface area contributed by atoms with E-state index in [0.29, 0.717) is 23.5 Å². The molecule has 3 aliphatic rings. The Bertz CT molecular complexity index is 314. The van der Waals surface area contributed by atoms with E-state index in [1.165, 1.54) is 51.4 Å². The Morgan fingerprint density at radius 2 is 1.90 bits per heavy atom. The molecule has 3 saturated carbocycles. The summed E-state index contributed by atoms with van der Waals surface area (Å²) in [5, 5.41) is 13.9. The van der Waals surface area contributed by atoms with Gasteiger partial charge >= 0.3 is 0 Å². The van der Waals surface area contributed by atoms with Crippen molar-refractivity contribution in [2.45, 2.75) is 83.0 Å². The second kappa shape index (κ2) is 6.33. The first-order valence-electron chi connectivity index (χ1n) is 8.79. The number of ether oxygens (including phenoxy) is 1. The average molecular weight is 281 g/mol. The summed E-state index contributed by atoms with van der Waals surface area (Å²) in [5.41, 5.74) is 0.426. The third-order valence-electron chi connectivity index (χ3n) is 6.18. The lowest BCUT2D eigenvalue weighted by Crippen LogP contribution is -2.63. The molecule has 20 heavy (non-hydrogen) atoms. The zero-order chi connectivity index (χ0) is 14.0. The summed E-state index contributed by atoms with van der Waals surface area (Å²) in [6.45, 7) is 3.97. The van der Waals surface area contributed by atoms with E-state index in [1.807, 2.05) is 0 Å². The van der Waals surface area contributed by atoms with Crippen LogP contribution in [-0.2, 0) is 4.74 Å². The first-order valence-corrected chi connectivity index (χ1v) is 8.79. The summed E-state index contributed by atoms with van der Waals surface area (Å²) in [6, 6.07) is 0.635. The van der Waals surface area contributed by atoms with E-state index in [2.05, 4.69) is 12.2 Å². The lowest BCUT2D eigenvalue weighted by Gasteiger charge is -2.54. The van der Waals surface area contributed by atoms with Crippen LogP contribution in [0.3, 0.4) is 0 Å². The first-order chi connectivity index (χ1) is 9.76. The molecular weight excluding hydrogens is 250 g/mol. The van der Waals surface area contributed by atoms with Gasteiger partial charge in [-0.15, -0.1) is 0 Å². The Labute approximate surface area is 123 Å². The van der Waals surface area contributed by atoms with Gasteiger partial charge in [-0.2, -0.15) is 0 Å². The quantitative estimate of drug-likeness (QED) is 0.814. The van der Waals surface area contributed by atoms with E-state index < -0.39 is 0 Å². The Kier molecular flexibility index (Phi) is 4.68. The molecule has 3 fully saturated rings. The monoisotopic (exact) mass is 281 g/mol. The van der Waals surface area contributed by atoms with Crippen LogP contribution in [-0.4, -0.2) is 36.5 Å². The topological polar surface area (TPSA) is 41.5 Å². The largest absolute Gasteiger partial charge is 0.393 e. The molecule has 0 aromatic carbocycles. The molecular formula is C17H31NO2. The van der Waals surface area contributed by atoms with E-state index in [0.717, 1.165) is 19.6 Å². The summed E-state index contributed by atoms with van der Waals surface area (Å²) in [4.78, 5) is 0. The van der Waals surface area contributed by atoms with E-state index in [9.17, 15) is 5.11 Å². The highest BCUT2D eigenvalue weighted by Gasteiger charge is 2.56. The Hall–Kier alpha value is -0.120. The van der Waals surface area contributed by atoms with Crippen LogP contribution in [0.15, 0.2) is 0 Å². The van der Waals surface area contributed by atoms with Gasteiger partial charge in [-0.3, -0.25) is 0 Å². The van der Waals surface area contributed by atoms with Crippen molar-refractivity contribution in [2.75, 3.05) is 13.2 Å². The second-order valence-corrected chi connectivity index (χ2v) is 7.19. The van der Waals surface area contributed by atoms with Gasteiger partial charge in [0.15, 0.2) is 0 Å². The lowest BCUT2D eigenvalue weighted by atomic mass is 9.60. The molecule has 4 atom stereocenters. The maximum Gasteiger partial charge on any atom is 0.0661 e. The molecule has 0 heterocycles. The summed E-state index contributed by atoms with van der Waals surface area (Å²) >= 11 is 0. The first kappa shape index (κ1) is 14.8. The molecule has 0 aromatic rings. The lowest BCUT2D eigenvalue weighted by molar-refractivity contribution is -0.131. The Morgan fingerprint density at radius 3 is 2.60 bits per heavy atom. The number of rotatable bonds is 5. The van der Waals surface area contributed by atoms with Crippen LogP contribution in [0.2, 0.25) is 0 Å². The zero-order valence-corrected chi connectivity index (χ0v) is 12.9. The molecule has 4 unspecified atom stereocenters. The van der Waals surface area contributed by atoms with Gasteiger partial charge in [0.2, 0.25) is 0 Å². The summed E-state index contributed by atoms with van der Waals surface area (Å²) in [5.74, 6) is 0.480. The fourth-order valence-electron chi connectivity index (χ4n) is 4.89. The molecule has 1 spiro atoms. The van der Waals surface area contributed by atoms with Crippen molar-refractivity contribution in [1.29, 1.82) is 0 Å². The van der Waals surface area contributed by atoms with Crippen molar-refractivity contribution in [1.82, 2.24) is 5.32 Å². The van der Waals surface area contributed by atoms with Crippen LogP contribution < -0.4 is 5.32 Å². The van der Waals surface area contributed by atoms with Crippen LogP contribution in [0.1, 0.15) is 64.7 Å². The molecule has 0 aromatic heterocycles. The predicted molar refractivity (Wildman–Crippen MR) is 80.7 cm³/mol. The molecule has 3 nitrogen and oxygen atoms in total. The van der Waals surface area contributed by atoms with Crippen molar-refractivity contribution in [3.05, 3.63) is 0 Å². The molecule has 0 saturated heterocycles. The van der Waals surface area contributed by atoms with Gasteiger partial charge in [0.1, 0.15) is 0 Å². The van der Waals surface area contributed by atoms with E-state index in [-0.39, 0.29) is 6.10 Å². The molecule has 116 valence electrons. The number of nitrogens with one attached hydrogen (secondary N) is 1. The summed E-state index contributed by atoms with van der Waals surface area (Å²) in [7, 11) is 0. The fourth-order valence-corrected chi connectivity index (χ4v) is 4.89. The number of hydrogen-bond acceptors (Lipinski definition) is 3. The van der Waals surface area contributed by atoms with E-state index >= 15 is 0 Å². The van der Waals surface area contributed by atoms with Crippen LogP contribution in [0.4, 0.5) is 0 Å². The van der Waals surface area contributed by atoms with Gasteiger partial charge in [0, 0.05) is 24.6 Å². The minimum absolute atomic E-state index is 0.0708. The molecule has 3 aliphatic carbocycles. The van der Waals surface area contributed by atoms with E-state index in [1.54, 1.807) is 0 Å². The number of aliphatic hydroxyl groups is 1. The highest BCUT2D eigenvalue weighted by molar-refractivity contribution is 5.10. The van der Waals surface area contributed by atoms with Gasteiger partial charge in [-0.25, -0.2) is 0 Å². The van der Waals surface area contributed by atoms with Crippen molar-refractivity contribution < 1.29 is 9.84 Å². The SMILES string of the molecule is CCOC1CC(NCC2CCCCC2O)C12CCCC2. The standard InChI is InChI=1S/C17H31NO2/c1-2-20-16-11-15(17(16)9-5-6-10-17)18-12-13-7-3-4-8-14(13)19/h13-16,18-19H,2-12H2,1H3. The highest BCUT2D eigenvalue weighted by Crippen LogP contribution is 2.54. The molecule has 0 aliphatic heterocycles. The predicted octanol–water partition coefficient (Wildman–Crippen LogP) is 2.86. The minimum atomic E-state index is -0.0708. The second-order valence-electron chi connectivity index (χ2n) is 7.19. The number of aliphatic hydroxyl groups excluding tert-OH is 1. The zero-order valence-electron chi connectivity index (χ0n) is 12.9. The van der Waals surface area contributed by atoms with Crippen molar-refractivity contribution in [2.24, 2.45) is 11.3 Å². The van der Waals surface area contributed by atoms with Crippen LogP contribution in [0.25, 0.3) is 0 Å². The molecule has 3 rings (SSSR count). The fraction of sp³-hybridized carbons (Fsp3) is 1.00. The van der Waals surface area contributed by atoms with Gasteiger partial charge in [0.25, 0.3) is 0 Å². The van der Waals surface area contributed by atoms with Gasteiger partial charge in [-0.1, -0.05) is 25.7 Å². The Morgan fingerprint density at radius 1 is 1.15 bits per heavy atom. The maximum absolute atomic E-state index is 10.1.